The number of hydrogen-bond donors (Lipinski definition) is 2. The summed E-state index contributed by atoms with van der Waals surface area (Å²) >= 11 is 0. The van der Waals surface area contributed by atoms with Gasteiger partial charge in [-0.1, -0.05) is 33.1 Å². The van der Waals surface area contributed by atoms with E-state index < -0.39 is 0 Å². The van der Waals surface area contributed by atoms with Crippen molar-refractivity contribution in [3.63, 3.8) is 0 Å². The Labute approximate surface area is 122 Å². The van der Waals surface area contributed by atoms with Crippen molar-refractivity contribution < 1.29 is 0 Å². The molecule has 20 heavy (non-hydrogen) atoms. The van der Waals surface area contributed by atoms with Crippen molar-refractivity contribution in [3.05, 3.63) is 11.9 Å². The second-order valence-corrected chi connectivity index (χ2v) is 6.00. The molecule has 2 N–H and O–H groups in total. The highest BCUT2D eigenvalue weighted by Gasteiger charge is 2.18. The van der Waals surface area contributed by atoms with E-state index in [0.717, 1.165) is 30.4 Å². The second kappa shape index (κ2) is 7.46. The monoisotopic (exact) mass is 276 g/mol. The van der Waals surface area contributed by atoms with Crippen LogP contribution in [0.4, 0.5) is 11.6 Å². The molecule has 0 saturated heterocycles. The first-order valence-electron chi connectivity index (χ1n) is 8.02. The lowest BCUT2D eigenvalue weighted by Gasteiger charge is -2.20. The fourth-order valence-corrected chi connectivity index (χ4v) is 3.06. The van der Waals surface area contributed by atoms with Crippen LogP contribution in [0.15, 0.2) is 6.33 Å². The third kappa shape index (κ3) is 3.84. The molecule has 1 aliphatic carbocycles. The molecular formula is C16H28N4. The summed E-state index contributed by atoms with van der Waals surface area (Å²) in [6, 6.07) is 0.565. The van der Waals surface area contributed by atoms with Crippen LogP contribution in [0.25, 0.3) is 0 Å². The Morgan fingerprint density at radius 3 is 2.70 bits per heavy atom. The van der Waals surface area contributed by atoms with Gasteiger partial charge in [-0.25, -0.2) is 9.97 Å². The topological polar surface area (TPSA) is 49.8 Å². The van der Waals surface area contributed by atoms with Crippen molar-refractivity contribution in [3.8, 4) is 0 Å². The molecule has 0 aromatic carbocycles. The van der Waals surface area contributed by atoms with Crippen LogP contribution < -0.4 is 10.6 Å². The number of nitrogens with zero attached hydrogens (tertiary/aromatic N) is 2. The van der Waals surface area contributed by atoms with Crippen LogP contribution in [0.1, 0.15) is 57.9 Å². The van der Waals surface area contributed by atoms with Crippen LogP contribution >= 0.6 is 0 Å². The van der Waals surface area contributed by atoms with Crippen molar-refractivity contribution in [2.45, 2.75) is 64.8 Å². The lowest BCUT2D eigenvalue weighted by atomic mass is 10.0. The molecule has 0 amide bonds. The summed E-state index contributed by atoms with van der Waals surface area (Å²) in [6.45, 7) is 4.57. The zero-order valence-corrected chi connectivity index (χ0v) is 13.1. The summed E-state index contributed by atoms with van der Waals surface area (Å²) in [7, 11) is 1.93. The van der Waals surface area contributed by atoms with Gasteiger partial charge in [0.15, 0.2) is 0 Å². The van der Waals surface area contributed by atoms with E-state index in [2.05, 4.69) is 34.4 Å². The highest BCUT2D eigenvalue weighted by atomic mass is 15.1. The zero-order valence-electron chi connectivity index (χ0n) is 13.1. The summed E-state index contributed by atoms with van der Waals surface area (Å²) in [6.07, 6.45) is 10.3. The van der Waals surface area contributed by atoms with Gasteiger partial charge in [-0.2, -0.15) is 0 Å². The predicted molar refractivity (Wildman–Crippen MR) is 85.2 cm³/mol. The molecule has 1 aromatic rings. The lowest BCUT2D eigenvalue weighted by molar-refractivity contribution is 0.501. The number of anilines is 2. The quantitative estimate of drug-likeness (QED) is 0.802. The molecule has 1 saturated carbocycles. The average molecular weight is 276 g/mol. The number of rotatable bonds is 5. The molecule has 1 heterocycles. The van der Waals surface area contributed by atoms with Gasteiger partial charge in [0.2, 0.25) is 0 Å². The molecule has 0 spiro atoms. The summed E-state index contributed by atoms with van der Waals surface area (Å²) in [4.78, 5) is 8.83. The molecule has 2 rings (SSSR count). The van der Waals surface area contributed by atoms with E-state index >= 15 is 0 Å². The molecule has 2 atom stereocenters. The summed E-state index contributed by atoms with van der Waals surface area (Å²) < 4.78 is 0. The summed E-state index contributed by atoms with van der Waals surface area (Å²) in [5.74, 6) is 2.87. The summed E-state index contributed by atoms with van der Waals surface area (Å²) in [5.41, 5.74) is 1.23. The lowest BCUT2D eigenvalue weighted by Crippen LogP contribution is -2.21. The van der Waals surface area contributed by atoms with Crippen LogP contribution in [-0.4, -0.2) is 23.1 Å². The minimum Gasteiger partial charge on any atom is -0.373 e. The van der Waals surface area contributed by atoms with Gasteiger partial charge in [0.1, 0.15) is 18.0 Å². The van der Waals surface area contributed by atoms with Gasteiger partial charge in [-0.05, 0) is 31.6 Å². The first-order chi connectivity index (χ1) is 9.74. The smallest absolute Gasteiger partial charge is 0.134 e. The van der Waals surface area contributed by atoms with Crippen LogP contribution in [0, 0.1) is 5.92 Å². The Bertz CT molecular complexity index is 419. The maximum absolute atomic E-state index is 4.49. The Kier molecular flexibility index (Phi) is 5.62. The van der Waals surface area contributed by atoms with Gasteiger partial charge in [0.25, 0.3) is 0 Å². The molecule has 112 valence electrons. The van der Waals surface area contributed by atoms with E-state index in [1.807, 2.05) is 7.05 Å². The molecule has 1 aromatic heterocycles. The second-order valence-electron chi connectivity index (χ2n) is 6.00. The first kappa shape index (κ1) is 15.1. The van der Waals surface area contributed by atoms with Crippen LogP contribution in [0.5, 0.6) is 0 Å². The molecule has 0 bridgehead atoms. The molecule has 2 unspecified atom stereocenters. The Morgan fingerprint density at radius 2 is 1.95 bits per heavy atom. The van der Waals surface area contributed by atoms with Crippen molar-refractivity contribution in [1.29, 1.82) is 0 Å². The maximum atomic E-state index is 4.49. The van der Waals surface area contributed by atoms with Crippen molar-refractivity contribution in [2.75, 3.05) is 17.7 Å². The van der Waals surface area contributed by atoms with Crippen LogP contribution in [0.2, 0.25) is 0 Å². The Balaban J connectivity index is 2.11. The molecule has 4 heteroatoms. The van der Waals surface area contributed by atoms with E-state index in [0.29, 0.717) is 6.04 Å². The van der Waals surface area contributed by atoms with Gasteiger partial charge in [0, 0.05) is 18.7 Å². The molecule has 0 radical (unpaired) electrons. The van der Waals surface area contributed by atoms with Crippen molar-refractivity contribution in [2.24, 2.45) is 5.92 Å². The van der Waals surface area contributed by atoms with Crippen LogP contribution in [-0.2, 0) is 6.42 Å². The average Bonchev–Trinajstić information content (AvgIpc) is 2.66. The largest absolute Gasteiger partial charge is 0.373 e. The number of nitrogens with one attached hydrogen (secondary N) is 2. The normalized spacial score (nSPS) is 23.1. The van der Waals surface area contributed by atoms with Crippen molar-refractivity contribution >= 4 is 11.6 Å². The molecular weight excluding hydrogens is 248 g/mol. The van der Waals surface area contributed by atoms with E-state index in [4.69, 9.17) is 0 Å². The van der Waals surface area contributed by atoms with E-state index in [1.165, 1.54) is 37.7 Å². The molecule has 1 fully saturated rings. The number of aromatic nitrogens is 2. The van der Waals surface area contributed by atoms with Crippen LogP contribution in [0.3, 0.4) is 0 Å². The minimum absolute atomic E-state index is 0.565. The van der Waals surface area contributed by atoms with Gasteiger partial charge in [-0.3, -0.25) is 0 Å². The predicted octanol–water partition coefficient (Wildman–Crippen LogP) is 3.85. The van der Waals surface area contributed by atoms with Gasteiger partial charge >= 0.3 is 0 Å². The minimum atomic E-state index is 0.565. The highest BCUT2D eigenvalue weighted by molar-refractivity contribution is 5.57. The summed E-state index contributed by atoms with van der Waals surface area (Å²) in [5, 5.41) is 6.86. The zero-order chi connectivity index (χ0) is 14.4. The van der Waals surface area contributed by atoms with Crippen molar-refractivity contribution in [1.82, 2.24) is 9.97 Å². The maximum Gasteiger partial charge on any atom is 0.134 e. The van der Waals surface area contributed by atoms with E-state index in [9.17, 15) is 0 Å². The molecule has 0 aliphatic heterocycles. The van der Waals surface area contributed by atoms with Gasteiger partial charge in [-0.15, -0.1) is 0 Å². The number of hydrogen-bond acceptors (Lipinski definition) is 4. The Morgan fingerprint density at radius 1 is 1.15 bits per heavy atom. The fraction of sp³-hybridized carbons (Fsp3) is 0.750. The fourth-order valence-electron chi connectivity index (χ4n) is 3.06. The Hall–Kier alpha value is -1.32. The SMILES string of the molecule is CCCc1c(NC)ncnc1NC1CCCC(C)CC1. The van der Waals surface area contributed by atoms with Gasteiger partial charge in [0.05, 0.1) is 0 Å². The molecule has 1 aliphatic rings. The van der Waals surface area contributed by atoms with E-state index in [-0.39, 0.29) is 0 Å². The van der Waals surface area contributed by atoms with Gasteiger partial charge < -0.3 is 10.6 Å². The first-order valence-corrected chi connectivity index (χ1v) is 8.02. The third-order valence-electron chi connectivity index (χ3n) is 4.28. The molecule has 4 nitrogen and oxygen atoms in total. The van der Waals surface area contributed by atoms with E-state index in [1.54, 1.807) is 6.33 Å². The highest BCUT2D eigenvalue weighted by Crippen LogP contribution is 2.27. The third-order valence-corrected chi connectivity index (χ3v) is 4.28. The standard InChI is InChI=1S/C16H28N4/c1-4-6-14-15(17-3)18-11-19-16(14)20-13-8-5-7-12(2)9-10-13/h11-13H,4-10H2,1-3H3,(H2,17,18,19,20).